The molecule has 0 saturated heterocycles. The number of nitrogens with one attached hydrogen (secondary N) is 2. The van der Waals surface area contributed by atoms with E-state index in [1.165, 1.54) is 11.1 Å². The van der Waals surface area contributed by atoms with Crippen molar-refractivity contribution in [1.29, 1.82) is 0 Å². The maximum Gasteiger partial charge on any atom is 0.273 e. The van der Waals surface area contributed by atoms with Gasteiger partial charge in [0.15, 0.2) is 0 Å². The minimum Gasteiger partial charge on any atom is -0.351 e. The number of fused-ring (bicyclic) bond motifs is 2. The molecule has 6 heteroatoms. The van der Waals surface area contributed by atoms with E-state index in [9.17, 15) is 14.4 Å². The number of nitrogens with zero attached hydrogens (tertiary/aromatic N) is 1. The fraction of sp³-hybridized carbons (Fsp3) is 0.250. The van der Waals surface area contributed by atoms with Crippen LogP contribution in [-0.2, 0) is 24.2 Å². The summed E-state index contributed by atoms with van der Waals surface area (Å²) in [6, 6.07) is 14.9. The highest BCUT2D eigenvalue weighted by molar-refractivity contribution is 5.81. The Labute approximate surface area is 149 Å². The summed E-state index contributed by atoms with van der Waals surface area (Å²) in [5.41, 5.74) is 1.83. The molecular formula is C20H19N3O3. The zero-order valence-corrected chi connectivity index (χ0v) is 14.2. The second-order valence-electron chi connectivity index (χ2n) is 6.65. The molecule has 1 amide bonds. The standard InChI is InChI=1S/C20H19N3O3/c24-18(21-15-10-9-13-5-1-2-6-14(13)11-15)12-23-20(26)17-8-4-3-7-16(17)19(25)22-23/h1-8,15H,9-12H2,(H,21,24)(H,22,25)/t15-/m1/s1. The molecule has 1 aliphatic carbocycles. The minimum atomic E-state index is -0.375. The molecule has 0 radical (unpaired) electrons. The van der Waals surface area contributed by atoms with Gasteiger partial charge in [0, 0.05) is 6.04 Å². The number of benzene rings is 2. The van der Waals surface area contributed by atoms with E-state index >= 15 is 0 Å². The van der Waals surface area contributed by atoms with E-state index in [1.807, 2.05) is 12.1 Å². The van der Waals surface area contributed by atoms with Crippen LogP contribution >= 0.6 is 0 Å². The summed E-state index contributed by atoms with van der Waals surface area (Å²) in [6.45, 7) is -0.197. The third kappa shape index (κ3) is 3.06. The number of amides is 1. The molecular weight excluding hydrogens is 330 g/mol. The molecule has 26 heavy (non-hydrogen) atoms. The van der Waals surface area contributed by atoms with Gasteiger partial charge < -0.3 is 5.32 Å². The van der Waals surface area contributed by atoms with Crippen LogP contribution in [0.1, 0.15) is 17.5 Å². The molecule has 0 aliphatic heterocycles. The Morgan fingerprint density at radius 3 is 2.54 bits per heavy atom. The first-order valence-electron chi connectivity index (χ1n) is 8.70. The van der Waals surface area contributed by atoms with Crippen LogP contribution in [0.5, 0.6) is 0 Å². The van der Waals surface area contributed by atoms with Gasteiger partial charge in [0.05, 0.1) is 10.8 Å². The molecule has 2 N–H and O–H groups in total. The monoisotopic (exact) mass is 349 g/mol. The maximum absolute atomic E-state index is 12.5. The van der Waals surface area contributed by atoms with Gasteiger partial charge in [-0.15, -0.1) is 0 Å². The van der Waals surface area contributed by atoms with Gasteiger partial charge >= 0.3 is 0 Å². The van der Waals surface area contributed by atoms with Crippen molar-refractivity contribution in [1.82, 2.24) is 15.1 Å². The van der Waals surface area contributed by atoms with Crippen molar-refractivity contribution in [2.45, 2.75) is 31.8 Å². The predicted molar refractivity (Wildman–Crippen MR) is 99.2 cm³/mol. The van der Waals surface area contributed by atoms with Crippen LogP contribution in [0.15, 0.2) is 58.1 Å². The fourth-order valence-electron chi connectivity index (χ4n) is 3.60. The van der Waals surface area contributed by atoms with Crippen molar-refractivity contribution < 1.29 is 4.79 Å². The van der Waals surface area contributed by atoms with Crippen molar-refractivity contribution in [3.63, 3.8) is 0 Å². The maximum atomic E-state index is 12.5. The van der Waals surface area contributed by atoms with Crippen molar-refractivity contribution in [2.75, 3.05) is 0 Å². The first kappa shape index (κ1) is 16.3. The van der Waals surface area contributed by atoms with Crippen molar-refractivity contribution >= 4 is 16.7 Å². The van der Waals surface area contributed by atoms with Gasteiger partial charge in [-0.05, 0) is 42.5 Å². The van der Waals surface area contributed by atoms with Gasteiger partial charge in [-0.25, -0.2) is 4.68 Å². The smallest absolute Gasteiger partial charge is 0.273 e. The normalized spacial score (nSPS) is 16.2. The summed E-state index contributed by atoms with van der Waals surface area (Å²) in [5, 5.41) is 6.12. The lowest BCUT2D eigenvalue weighted by atomic mass is 9.88. The minimum absolute atomic E-state index is 0.0419. The van der Waals surface area contributed by atoms with Crippen LogP contribution in [0.3, 0.4) is 0 Å². The van der Waals surface area contributed by atoms with Gasteiger partial charge in [-0.1, -0.05) is 36.4 Å². The number of aromatic nitrogens is 2. The Morgan fingerprint density at radius 1 is 1.04 bits per heavy atom. The zero-order valence-electron chi connectivity index (χ0n) is 14.2. The summed E-state index contributed by atoms with van der Waals surface area (Å²) in [4.78, 5) is 37.0. The lowest BCUT2D eigenvalue weighted by molar-refractivity contribution is -0.122. The summed E-state index contributed by atoms with van der Waals surface area (Å²) in [6.07, 6.45) is 2.57. The van der Waals surface area contributed by atoms with Crippen molar-refractivity contribution in [3.05, 3.63) is 80.4 Å². The molecule has 0 saturated carbocycles. The quantitative estimate of drug-likeness (QED) is 0.749. The van der Waals surface area contributed by atoms with Crippen LogP contribution in [0.2, 0.25) is 0 Å². The number of aromatic amines is 1. The van der Waals surface area contributed by atoms with Crippen molar-refractivity contribution in [3.8, 4) is 0 Å². The van der Waals surface area contributed by atoms with E-state index in [1.54, 1.807) is 24.3 Å². The molecule has 1 aromatic heterocycles. The Bertz CT molecular complexity index is 1100. The molecule has 4 rings (SSSR count). The Balaban J connectivity index is 1.51. The molecule has 2 aromatic carbocycles. The van der Waals surface area contributed by atoms with E-state index in [0.717, 1.165) is 23.9 Å². The Kier molecular flexibility index (Phi) is 4.16. The summed E-state index contributed by atoms with van der Waals surface area (Å²) in [7, 11) is 0. The van der Waals surface area contributed by atoms with E-state index in [0.29, 0.717) is 10.8 Å². The van der Waals surface area contributed by atoms with Gasteiger partial charge in [-0.3, -0.25) is 19.5 Å². The van der Waals surface area contributed by atoms with Gasteiger partial charge in [0.25, 0.3) is 11.1 Å². The zero-order chi connectivity index (χ0) is 18.1. The first-order valence-corrected chi connectivity index (χ1v) is 8.70. The molecule has 0 fully saturated rings. The van der Waals surface area contributed by atoms with Crippen LogP contribution in [-0.4, -0.2) is 21.7 Å². The summed E-state index contributed by atoms with van der Waals surface area (Å²) in [5.74, 6) is -0.276. The fourth-order valence-corrected chi connectivity index (χ4v) is 3.60. The van der Waals surface area contributed by atoms with Crippen molar-refractivity contribution in [2.24, 2.45) is 0 Å². The number of hydrogen-bond donors (Lipinski definition) is 2. The number of carbonyl (C=O) groups excluding carboxylic acids is 1. The third-order valence-electron chi connectivity index (χ3n) is 4.90. The number of H-pyrrole nitrogens is 1. The Hall–Kier alpha value is -3.15. The SMILES string of the molecule is O=C(Cn1[nH]c(=O)c2ccccc2c1=O)N[C@@H]1CCc2ccccc2C1. The molecule has 0 unspecified atom stereocenters. The Morgan fingerprint density at radius 2 is 1.73 bits per heavy atom. The van der Waals surface area contributed by atoms with Crippen LogP contribution in [0.4, 0.5) is 0 Å². The summed E-state index contributed by atoms with van der Waals surface area (Å²) < 4.78 is 1.08. The number of rotatable bonds is 3. The molecule has 1 aliphatic rings. The number of aryl methyl sites for hydroxylation is 1. The average molecular weight is 349 g/mol. The highest BCUT2D eigenvalue weighted by Gasteiger charge is 2.20. The van der Waals surface area contributed by atoms with Gasteiger partial charge in [0.2, 0.25) is 5.91 Å². The van der Waals surface area contributed by atoms with E-state index in [-0.39, 0.29) is 29.6 Å². The first-order chi connectivity index (χ1) is 12.6. The van der Waals surface area contributed by atoms with E-state index < -0.39 is 0 Å². The summed E-state index contributed by atoms with van der Waals surface area (Å²) >= 11 is 0. The second-order valence-corrected chi connectivity index (χ2v) is 6.65. The number of hydrogen-bond acceptors (Lipinski definition) is 3. The third-order valence-corrected chi connectivity index (χ3v) is 4.90. The van der Waals surface area contributed by atoms with Crippen LogP contribution in [0, 0.1) is 0 Å². The molecule has 0 bridgehead atoms. The second kappa shape index (κ2) is 6.63. The molecule has 6 nitrogen and oxygen atoms in total. The highest BCUT2D eigenvalue weighted by atomic mass is 16.2. The van der Waals surface area contributed by atoms with Gasteiger partial charge in [-0.2, -0.15) is 0 Å². The highest BCUT2D eigenvalue weighted by Crippen LogP contribution is 2.20. The van der Waals surface area contributed by atoms with Crippen LogP contribution < -0.4 is 16.4 Å². The van der Waals surface area contributed by atoms with Gasteiger partial charge in [0.1, 0.15) is 6.54 Å². The molecule has 132 valence electrons. The molecule has 0 spiro atoms. The largest absolute Gasteiger partial charge is 0.351 e. The lowest BCUT2D eigenvalue weighted by Gasteiger charge is -2.25. The van der Waals surface area contributed by atoms with Crippen LogP contribution in [0.25, 0.3) is 10.8 Å². The lowest BCUT2D eigenvalue weighted by Crippen LogP contribution is -2.43. The van der Waals surface area contributed by atoms with E-state index in [4.69, 9.17) is 0 Å². The molecule has 1 heterocycles. The topological polar surface area (TPSA) is 84.0 Å². The molecule has 1 atom stereocenters. The predicted octanol–water partition coefficient (Wildman–Crippen LogP) is 1.36. The molecule has 3 aromatic rings. The van der Waals surface area contributed by atoms with E-state index in [2.05, 4.69) is 22.5 Å². The number of carbonyl (C=O) groups is 1. The average Bonchev–Trinajstić information content (AvgIpc) is 2.66.